The van der Waals surface area contributed by atoms with Crippen molar-refractivity contribution in [3.8, 4) is 6.07 Å². The number of aromatic nitrogens is 3. The zero-order valence-corrected chi connectivity index (χ0v) is 7.83. The maximum atomic E-state index is 8.62. The molecule has 5 heteroatoms. The van der Waals surface area contributed by atoms with Crippen molar-refractivity contribution in [2.75, 3.05) is 0 Å². The van der Waals surface area contributed by atoms with Gasteiger partial charge in [-0.2, -0.15) is 5.26 Å². The molecule has 0 amide bonds. The van der Waals surface area contributed by atoms with Gasteiger partial charge in [0.05, 0.1) is 17.7 Å². The number of hydrogen-bond acceptors (Lipinski definition) is 3. The zero-order chi connectivity index (χ0) is 8.43. The predicted octanol–water partition coefficient (Wildman–Crippen LogP) is 1.20. The summed E-state index contributed by atoms with van der Waals surface area (Å²) in [6, 6.07) is 2.12. The monoisotopic (exact) mass is 214 g/mol. The molecular formula is C6H7BrN4. The Kier molecular flexibility index (Phi) is 2.25. The Morgan fingerprint density at radius 2 is 2.36 bits per heavy atom. The first kappa shape index (κ1) is 8.21. The summed E-state index contributed by atoms with van der Waals surface area (Å²) in [5, 5.41) is 16.1. The standard InChI is InChI=1S/C6H7BrN4/c1-4(3-8)5-6(7)9-10-11(5)2/h4H,1-2H3. The van der Waals surface area contributed by atoms with E-state index in [0.717, 1.165) is 5.69 Å². The van der Waals surface area contributed by atoms with E-state index in [-0.39, 0.29) is 5.92 Å². The van der Waals surface area contributed by atoms with Crippen molar-refractivity contribution in [1.82, 2.24) is 15.0 Å². The fourth-order valence-corrected chi connectivity index (χ4v) is 1.53. The van der Waals surface area contributed by atoms with Crippen molar-refractivity contribution >= 4 is 15.9 Å². The van der Waals surface area contributed by atoms with Crippen LogP contribution in [0.5, 0.6) is 0 Å². The topological polar surface area (TPSA) is 54.5 Å². The molecule has 0 N–H and O–H groups in total. The number of aryl methyl sites for hydroxylation is 1. The Labute approximate surface area is 72.9 Å². The molecule has 1 atom stereocenters. The van der Waals surface area contributed by atoms with Gasteiger partial charge in [-0.1, -0.05) is 5.21 Å². The van der Waals surface area contributed by atoms with Crippen LogP contribution >= 0.6 is 15.9 Å². The first-order valence-corrected chi connectivity index (χ1v) is 3.90. The van der Waals surface area contributed by atoms with E-state index >= 15 is 0 Å². The summed E-state index contributed by atoms with van der Waals surface area (Å²) >= 11 is 3.21. The Bertz CT molecular complexity index is 279. The molecule has 0 aliphatic heterocycles. The highest BCUT2D eigenvalue weighted by molar-refractivity contribution is 9.10. The SMILES string of the molecule is CC(C#N)c1c(Br)nnn1C. The van der Waals surface area contributed by atoms with Crippen LogP contribution in [0, 0.1) is 11.3 Å². The number of halogens is 1. The van der Waals surface area contributed by atoms with Gasteiger partial charge in [-0.3, -0.25) is 0 Å². The van der Waals surface area contributed by atoms with Crippen LogP contribution < -0.4 is 0 Å². The zero-order valence-electron chi connectivity index (χ0n) is 6.24. The molecule has 0 aliphatic rings. The highest BCUT2D eigenvalue weighted by Crippen LogP contribution is 2.20. The maximum Gasteiger partial charge on any atom is 0.152 e. The normalized spacial score (nSPS) is 12.5. The van der Waals surface area contributed by atoms with Gasteiger partial charge < -0.3 is 0 Å². The van der Waals surface area contributed by atoms with Gasteiger partial charge >= 0.3 is 0 Å². The van der Waals surface area contributed by atoms with Gasteiger partial charge in [-0.25, -0.2) is 4.68 Å². The van der Waals surface area contributed by atoms with Crippen LogP contribution in [0.25, 0.3) is 0 Å². The summed E-state index contributed by atoms with van der Waals surface area (Å²) in [5.74, 6) is -0.177. The predicted molar refractivity (Wildman–Crippen MR) is 42.7 cm³/mol. The number of hydrogen-bond donors (Lipinski definition) is 0. The second kappa shape index (κ2) is 3.01. The van der Waals surface area contributed by atoms with Crippen molar-refractivity contribution in [1.29, 1.82) is 5.26 Å². The van der Waals surface area contributed by atoms with E-state index in [4.69, 9.17) is 5.26 Å². The third kappa shape index (κ3) is 1.40. The summed E-state index contributed by atoms with van der Waals surface area (Å²) in [6.07, 6.45) is 0. The largest absolute Gasteiger partial charge is 0.250 e. The van der Waals surface area contributed by atoms with E-state index in [1.54, 1.807) is 11.7 Å². The van der Waals surface area contributed by atoms with Crippen LogP contribution in [-0.4, -0.2) is 15.0 Å². The summed E-state index contributed by atoms with van der Waals surface area (Å²) < 4.78 is 2.24. The lowest BCUT2D eigenvalue weighted by molar-refractivity contribution is 0.667. The van der Waals surface area contributed by atoms with Crippen molar-refractivity contribution in [3.63, 3.8) is 0 Å². The third-order valence-electron chi connectivity index (χ3n) is 1.43. The van der Waals surface area contributed by atoms with Crippen LogP contribution in [0.2, 0.25) is 0 Å². The molecule has 1 aromatic rings. The van der Waals surface area contributed by atoms with Crippen molar-refractivity contribution in [2.24, 2.45) is 7.05 Å². The fraction of sp³-hybridized carbons (Fsp3) is 0.500. The van der Waals surface area contributed by atoms with Crippen LogP contribution in [0.15, 0.2) is 4.60 Å². The summed E-state index contributed by atoms with van der Waals surface area (Å²) in [4.78, 5) is 0. The average molecular weight is 215 g/mol. The van der Waals surface area contributed by atoms with Crippen molar-refractivity contribution in [3.05, 3.63) is 10.3 Å². The lowest BCUT2D eigenvalue weighted by Crippen LogP contribution is -2.01. The lowest BCUT2D eigenvalue weighted by atomic mass is 10.1. The van der Waals surface area contributed by atoms with Crippen LogP contribution in [0.1, 0.15) is 18.5 Å². The van der Waals surface area contributed by atoms with Gasteiger partial charge in [0.2, 0.25) is 0 Å². The minimum absolute atomic E-state index is 0.177. The van der Waals surface area contributed by atoms with E-state index in [0.29, 0.717) is 4.60 Å². The molecule has 0 radical (unpaired) electrons. The van der Waals surface area contributed by atoms with E-state index in [1.807, 2.05) is 6.92 Å². The average Bonchev–Trinajstić information content (AvgIpc) is 2.30. The number of rotatable bonds is 1. The molecule has 0 saturated heterocycles. The molecule has 0 bridgehead atoms. The van der Waals surface area contributed by atoms with Gasteiger partial charge in [0, 0.05) is 7.05 Å². The highest BCUT2D eigenvalue weighted by Gasteiger charge is 2.14. The van der Waals surface area contributed by atoms with Gasteiger partial charge in [-0.05, 0) is 22.9 Å². The first-order chi connectivity index (χ1) is 5.16. The molecular weight excluding hydrogens is 208 g/mol. The van der Waals surface area contributed by atoms with Crippen molar-refractivity contribution in [2.45, 2.75) is 12.8 Å². The molecule has 1 heterocycles. The van der Waals surface area contributed by atoms with Crippen LogP contribution in [0.3, 0.4) is 0 Å². The van der Waals surface area contributed by atoms with E-state index in [2.05, 4.69) is 32.3 Å². The number of nitriles is 1. The molecule has 0 fully saturated rings. The van der Waals surface area contributed by atoms with Gasteiger partial charge in [-0.15, -0.1) is 5.10 Å². The van der Waals surface area contributed by atoms with E-state index < -0.39 is 0 Å². The number of nitrogens with zero attached hydrogens (tertiary/aromatic N) is 4. The molecule has 1 aromatic heterocycles. The Balaban J connectivity index is 3.12. The van der Waals surface area contributed by atoms with Crippen LogP contribution in [0.4, 0.5) is 0 Å². The molecule has 1 rings (SSSR count). The van der Waals surface area contributed by atoms with Gasteiger partial charge in [0.25, 0.3) is 0 Å². The molecule has 58 valence electrons. The summed E-state index contributed by atoms with van der Waals surface area (Å²) in [6.45, 7) is 1.81. The van der Waals surface area contributed by atoms with Crippen molar-refractivity contribution < 1.29 is 0 Å². The maximum absolute atomic E-state index is 8.62. The van der Waals surface area contributed by atoms with Gasteiger partial charge in [0.1, 0.15) is 0 Å². The lowest BCUT2D eigenvalue weighted by Gasteiger charge is -2.00. The first-order valence-electron chi connectivity index (χ1n) is 3.11. The Morgan fingerprint density at radius 1 is 1.73 bits per heavy atom. The molecule has 0 aliphatic carbocycles. The highest BCUT2D eigenvalue weighted by atomic mass is 79.9. The summed E-state index contributed by atoms with van der Waals surface area (Å²) in [5.41, 5.74) is 0.813. The summed E-state index contributed by atoms with van der Waals surface area (Å²) in [7, 11) is 1.76. The van der Waals surface area contributed by atoms with Gasteiger partial charge in [0.15, 0.2) is 4.60 Å². The second-order valence-corrected chi connectivity index (χ2v) is 2.99. The van der Waals surface area contributed by atoms with E-state index in [9.17, 15) is 0 Å². The fourth-order valence-electron chi connectivity index (χ4n) is 0.859. The Morgan fingerprint density at radius 3 is 2.73 bits per heavy atom. The molecule has 1 unspecified atom stereocenters. The molecule has 11 heavy (non-hydrogen) atoms. The quantitative estimate of drug-likeness (QED) is 0.707. The van der Waals surface area contributed by atoms with E-state index in [1.165, 1.54) is 0 Å². The molecule has 4 nitrogen and oxygen atoms in total. The third-order valence-corrected chi connectivity index (χ3v) is 2.00. The molecule has 0 saturated carbocycles. The second-order valence-electron chi connectivity index (χ2n) is 2.24. The Hall–Kier alpha value is -0.890. The minimum Gasteiger partial charge on any atom is -0.250 e. The minimum atomic E-state index is -0.177. The van der Waals surface area contributed by atoms with Crippen LogP contribution in [-0.2, 0) is 7.05 Å². The molecule has 0 aromatic carbocycles. The molecule has 0 spiro atoms. The smallest absolute Gasteiger partial charge is 0.152 e.